The van der Waals surface area contributed by atoms with Gasteiger partial charge in [-0.25, -0.2) is 0 Å². The summed E-state index contributed by atoms with van der Waals surface area (Å²) in [4.78, 5) is 17.7. The fraction of sp³-hybridized carbons (Fsp3) is 0.857. The van der Waals surface area contributed by atoms with Crippen LogP contribution in [0.25, 0.3) is 0 Å². The molecule has 1 atom stereocenters. The van der Waals surface area contributed by atoms with E-state index in [1.807, 2.05) is 0 Å². The van der Waals surface area contributed by atoms with Crippen LogP contribution in [0.4, 0.5) is 0 Å². The summed E-state index contributed by atoms with van der Waals surface area (Å²) in [5, 5.41) is 11.6. The third-order valence-electron chi connectivity index (χ3n) is 4.46. The average molecular weight is 312 g/mol. The van der Waals surface area contributed by atoms with Gasteiger partial charge in [-0.1, -0.05) is 0 Å². The van der Waals surface area contributed by atoms with Gasteiger partial charge in [-0.15, -0.1) is 0 Å². The van der Waals surface area contributed by atoms with Gasteiger partial charge in [0.15, 0.2) is 5.82 Å². The van der Waals surface area contributed by atoms with Crippen LogP contribution in [-0.2, 0) is 9.47 Å². The quantitative estimate of drug-likeness (QED) is 0.555. The molecule has 22 heavy (non-hydrogen) atoms. The van der Waals surface area contributed by atoms with Crippen molar-refractivity contribution in [2.45, 2.75) is 32.4 Å². The van der Waals surface area contributed by atoms with Crippen molar-refractivity contribution in [2.24, 2.45) is 0 Å². The zero-order valence-corrected chi connectivity index (χ0v) is 13.4. The van der Waals surface area contributed by atoms with Crippen molar-refractivity contribution in [1.29, 1.82) is 0 Å². The van der Waals surface area contributed by atoms with E-state index in [4.69, 9.17) is 9.47 Å². The Bertz CT molecular complexity index is 482. The highest BCUT2D eigenvalue weighted by atomic mass is 16.7. The second-order valence-corrected chi connectivity index (χ2v) is 7.02. The van der Waals surface area contributed by atoms with Gasteiger partial charge in [0.25, 0.3) is 5.70 Å². The molecule has 8 heteroatoms. The summed E-state index contributed by atoms with van der Waals surface area (Å²) in [7, 11) is 0. The van der Waals surface area contributed by atoms with Crippen LogP contribution in [0.3, 0.4) is 0 Å². The summed E-state index contributed by atoms with van der Waals surface area (Å²) in [6, 6.07) is 0. The summed E-state index contributed by atoms with van der Waals surface area (Å²) in [6.07, 6.45) is 0.00102. The molecule has 8 nitrogen and oxygen atoms in total. The monoisotopic (exact) mass is 312 g/mol. The van der Waals surface area contributed by atoms with Crippen molar-refractivity contribution in [1.82, 2.24) is 14.7 Å². The Balaban J connectivity index is 1.83. The maximum Gasteiger partial charge on any atom is 0.300 e. The van der Waals surface area contributed by atoms with Crippen LogP contribution in [0.15, 0.2) is 11.5 Å². The van der Waals surface area contributed by atoms with Crippen LogP contribution in [-0.4, -0.2) is 77.5 Å². The lowest BCUT2D eigenvalue weighted by atomic mass is 10.1. The maximum atomic E-state index is 11.6. The minimum Gasteiger partial charge on any atom is -0.353 e. The summed E-state index contributed by atoms with van der Waals surface area (Å²) in [5.74, 6) is 0.765. The van der Waals surface area contributed by atoms with Gasteiger partial charge in [0.05, 0.1) is 24.7 Å². The Morgan fingerprint density at radius 2 is 2.14 bits per heavy atom. The first-order chi connectivity index (χ1) is 10.4. The number of nitrogens with zero attached hydrogens (tertiary/aromatic N) is 4. The summed E-state index contributed by atoms with van der Waals surface area (Å²) in [6.45, 7) is 10.5. The topological polar surface area (TPSA) is 71.3 Å². The van der Waals surface area contributed by atoms with E-state index in [1.54, 1.807) is 0 Å². The number of hydrogen-bond donors (Lipinski definition) is 0. The van der Waals surface area contributed by atoms with E-state index in [9.17, 15) is 10.1 Å². The number of fused-ring (bicyclic) bond motifs is 1. The largest absolute Gasteiger partial charge is 0.353 e. The summed E-state index contributed by atoms with van der Waals surface area (Å²) >= 11 is 0. The first-order valence-electron chi connectivity index (χ1n) is 7.68. The second kappa shape index (κ2) is 5.68. The van der Waals surface area contributed by atoms with E-state index in [2.05, 4.69) is 35.5 Å². The molecule has 3 rings (SSSR count). The highest BCUT2D eigenvalue weighted by Crippen LogP contribution is 2.31. The standard InChI is InChI=1S/C14H24N4O4/c1-14(2,3)17-7-12(18(19)20)13-15(4-5-16(13)9-17)6-11-8-21-10-22-11/h11H,4-10H2,1-3H3. The third-order valence-corrected chi connectivity index (χ3v) is 4.46. The minimum atomic E-state index is -0.232. The summed E-state index contributed by atoms with van der Waals surface area (Å²) in [5.41, 5.74) is 0.195. The fourth-order valence-electron chi connectivity index (χ4n) is 3.15. The molecular weight excluding hydrogens is 288 g/mol. The molecule has 1 unspecified atom stereocenters. The number of ether oxygens (including phenoxy) is 2. The molecule has 0 aromatic carbocycles. The van der Waals surface area contributed by atoms with Crippen LogP contribution in [0, 0.1) is 10.1 Å². The average Bonchev–Trinajstić information content (AvgIpc) is 3.07. The highest BCUT2D eigenvalue weighted by Gasteiger charge is 2.42. The van der Waals surface area contributed by atoms with E-state index < -0.39 is 0 Å². The molecule has 0 aromatic heterocycles. The number of nitro groups is 1. The van der Waals surface area contributed by atoms with Gasteiger partial charge >= 0.3 is 0 Å². The Labute approximate surface area is 130 Å². The summed E-state index contributed by atoms with van der Waals surface area (Å²) < 4.78 is 10.7. The van der Waals surface area contributed by atoms with Crippen LogP contribution >= 0.6 is 0 Å². The smallest absolute Gasteiger partial charge is 0.300 e. The Hall–Kier alpha value is -1.38. The van der Waals surface area contributed by atoms with Gasteiger partial charge in [-0.3, -0.25) is 15.0 Å². The van der Waals surface area contributed by atoms with Gasteiger partial charge < -0.3 is 19.3 Å². The lowest BCUT2D eigenvalue weighted by molar-refractivity contribution is -0.434. The highest BCUT2D eigenvalue weighted by molar-refractivity contribution is 5.16. The van der Waals surface area contributed by atoms with Crippen LogP contribution in [0.2, 0.25) is 0 Å². The molecule has 0 saturated carbocycles. The van der Waals surface area contributed by atoms with Crippen LogP contribution in [0.5, 0.6) is 0 Å². The molecule has 3 aliphatic rings. The van der Waals surface area contributed by atoms with Crippen molar-refractivity contribution in [3.8, 4) is 0 Å². The third kappa shape index (κ3) is 2.90. The number of rotatable bonds is 3. The SMILES string of the molecule is CC(C)(C)N1CC([N+](=O)[O-])=C2N(CC3COCO3)CCN2C1. The van der Waals surface area contributed by atoms with E-state index in [0.29, 0.717) is 26.5 Å². The van der Waals surface area contributed by atoms with E-state index in [-0.39, 0.29) is 22.3 Å². The first kappa shape index (κ1) is 15.5. The molecule has 0 N–H and O–H groups in total. The second-order valence-electron chi connectivity index (χ2n) is 7.02. The van der Waals surface area contributed by atoms with Crippen molar-refractivity contribution in [3.63, 3.8) is 0 Å². The number of hydrogen-bond acceptors (Lipinski definition) is 7. The first-order valence-corrected chi connectivity index (χ1v) is 7.68. The van der Waals surface area contributed by atoms with Crippen molar-refractivity contribution < 1.29 is 14.4 Å². The molecule has 0 bridgehead atoms. The van der Waals surface area contributed by atoms with E-state index in [0.717, 1.165) is 25.6 Å². The lowest BCUT2D eigenvalue weighted by Gasteiger charge is -2.41. The van der Waals surface area contributed by atoms with Crippen molar-refractivity contribution >= 4 is 0 Å². The molecule has 0 spiro atoms. The van der Waals surface area contributed by atoms with E-state index in [1.165, 1.54) is 0 Å². The lowest BCUT2D eigenvalue weighted by Crippen LogP contribution is -2.52. The Morgan fingerprint density at radius 3 is 2.73 bits per heavy atom. The van der Waals surface area contributed by atoms with Gasteiger partial charge in [0.2, 0.25) is 0 Å². The van der Waals surface area contributed by atoms with Gasteiger partial charge in [0.1, 0.15) is 12.9 Å². The molecule has 3 heterocycles. The molecule has 0 aromatic rings. The molecule has 3 aliphatic heterocycles. The van der Waals surface area contributed by atoms with Gasteiger partial charge in [-0.05, 0) is 20.8 Å². The van der Waals surface area contributed by atoms with Crippen molar-refractivity contribution in [2.75, 3.05) is 46.2 Å². The fourth-order valence-corrected chi connectivity index (χ4v) is 3.15. The minimum absolute atomic E-state index is 0.00102. The zero-order chi connectivity index (χ0) is 15.9. The molecule has 124 valence electrons. The van der Waals surface area contributed by atoms with Crippen LogP contribution < -0.4 is 0 Å². The van der Waals surface area contributed by atoms with E-state index >= 15 is 0 Å². The predicted octanol–water partition coefficient (Wildman–Crippen LogP) is 0.494. The van der Waals surface area contributed by atoms with Gasteiger partial charge in [-0.2, -0.15) is 0 Å². The molecule has 0 radical (unpaired) electrons. The zero-order valence-electron chi connectivity index (χ0n) is 13.4. The van der Waals surface area contributed by atoms with Crippen LogP contribution in [0.1, 0.15) is 20.8 Å². The molecule has 0 aliphatic carbocycles. The Morgan fingerprint density at radius 1 is 1.36 bits per heavy atom. The Kier molecular flexibility index (Phi) is 4.00. The molecule has 0 amide bonds. The van der Waals surface area contributed by atoms with Gasteiger partial charge in [0, 0.05) is 25.2 Å². The normalized spacial score (nSPS) is 26.8. The molecular formula is C14H24N4O4. The van der Waals surface area contributed by atoms with Crippen molar-refractivity contribution in [3.05, 3.63) is 21.6 Å². The maximum absolute atomic E-state index is 11.6. The predicted molar refractivity (Wildman–Crippen MR) is 79.3 cm³/mol. The molecule has 2 fully saturated rings. The molecule has 2 saturated heterocycles.